The van der Waals surface area contributed by atoms with Gasteiger partial charge in [0.25, 0.3) is 5.56 Å². The highest BCUT2D eigenvalue weighted by molar-refractivity contribution is 5.59. The van der Waals surface area contributed by atoms with Crippen LogP contribution in [0.3, 0.4) is 0 Å². The maximum Gasteiger partial charge on any atom is 0.258 e. The molecule has 8 heteroatoms. The van der Waals surface area contributed by atoms with Gasteiger partial charge in [0.1, 0.15) is 17.5 Å². The van der Waals surface area contributed by atoms with Crippen LogP contribution in [0.25, 0.3) is 0 Å². The number of aromatic nitrogens is 2. The van der Waals surface area contributed by atoms with Crippen LogP contribution < -0.4 is 25.5 Å². The van der Waals surface area contributed by atoms with E-state index in [0.717, 1.165) is 0 Å². The van der Waals surface area contributed by atoms with Gasteiger partial charge in [-0.25, -0.2) is 0 Å². The molecular weight excluding hydrogens is 324 g/mol. The van der Waals surface area contributed by atoms with Crippen LogP contribution in [-0.4, -0.2) is 24.2 Å². The van der Waals surface area contributed by atoms with Crippen molar-refractivity contribution in [1.82, 2.24) is 9.97 Å². The highest BCUT2D eigenvalue weighted by atomic mass is 16.5. The number of aromatic amines is 1. The van der Waals surface area contributed by atoms with Crippen LogP contribution in [0.15, 0.2) is 34.4 Å². The Kier molecular flexibility index (Phi) is 4.07. The van der Waals surface area contributed by atoms with E-state index in [1.165, 1.54) is 14.2 Å². The molecule has 1 aromatic heterocycles. The lowest BCUT2D eigenvalue weighted by molar-refractivity contribution is 0.347. The highest BCUT2D eigenvalue weighted by Gasteiger charge is 2.36. The minimum Gasteiger partial charge on any atom is -0.493 e. The summed E-state index contributed by atoms with van der Waals surface area (Å²) in [5, 5.41) is 9.58. The third kappa shape index (κ3) is 2.55. The molecule has 0 saturated heterocycles. The summed E-state index contributed by atoms with van der Waals surface area (Å²) < 4.78 is 16.2. The summed E-state index contributed by atoms with van der Waals surface area (Å²) >= 11 is 0. The van der Waals surface area contributed by atoms with Crippen molar-refractivity contribution in [2.75, 3.05) is 14.2 Å². The molecule has 8 nitrogen and oxygen atoms in total. The molecule has 25 heavy (non-hydrogen) atoms. The molecule has 1 aliphatic heterocycles. The first-order chi connectivity index (χ1) is 12.0. The van der Waals surface area contributed by atoms with Gasteiger partial charge in [-0.3, -0.25) is 4.79 Å². The van der Waals surface area contributed by atoms with Gasteiger partial charge in [-0.1, -0.05) is 12.1 Å². The second kappa shape index (κ2) is 6.20. The molecule has 3 N–H and O–H groups in total. The quantitative estimate of drug-likeness (QED) is 0.863. The Morgan fingerprint density at radius 3 is 2.76 bits per heavy atom. The van der Waals surface area contributed by atoms with Crippen LogP contribution in [0.1, 0.15) is 22.9 Å². The minimum absolute atomic E-state index is 0.0765. The van der Waals surface area contributed by atoms with E-state index in [1.54, 1.807) is 25.1 Å². The Morgan fingerprint density at radius 2 is 2.12 bits per heavy atom. The molecule has 128 valence electrons. The number of rotatable bonds is 3. The van der Waals surface area contributed by atoms with Crippen molar-refractivity contribution < 1.29 is 14.2 Å². The Balaban J connectivity index is 2.36. The van der Waals surface area contributed by atoms with Crippen molar-refractivity contribution in [3.05, 3.63) is 57.0 Å². The largest absolute Gasteiger partial charge is 0.493 e. The van der Waals surface area contributed by atoms with Crippen LogP contribution in [-0.2, 0) is 0 Å². The first-order valence-corrected chi connectivity index (χ1v) is 7.41. The number of nitrogens with zero attached hydrogens (tertiary/aromatic N) is 2. The van der Waals surface area contributed by atoms with E-state index in [9.17, 15) is 10.1 Å². The van der Waals surface area contributed by atoms with Crippen LogP contribution in [0.5, 0.6) is 17.4 Å². The molecule has 1 aromatic carbocycles. The van der Waals surface area contributed by atoms with Crippen molar-refractivity contribution >= 4 is 0 Å². The van der Waals surface area contributed by atoms with Crippen molar-refractivity contribution in [3.63, 3.8) is 0 Å². The lowest BCUT2D eigenvalue weighted by atomic mass is 9.84. The fraction of sp³-hybridized carbons (Fsp3) is 0.235. The number of nitrogens with one attached hydrogen (secondary N) is 1. The monoisotopic (exact) mass is 340 g/mol. The predicted molar refractivity (Wildman–Crippen MR) is 88.4 cm³/mol. The zero-order valence-electron chi connectivity index (χ0n) is 13.9. The van der Waals surface area contributed by atoms with Gasteiger partial charge in [0.2, 0.25) is 11.8 Å². The maximum absolute atomic E-state index is 12.6. The summed E-state index contributed by atoms with van der Waals surface area (Å²) in [7, 11) is 2.99. The topological polar surface area (TPSA) is 123 Å². The molecule has 0 bridgehead atoms. The van der Waals surface area contributed by atoms with Gasteiger partial charge in [0.05, 0.1) is 25.7 Å². The summed E-state index contributed by atoms with van der Waals surface area (Å²) in [6.45, 7) is 1.63. The van der Waals surface area contributed by atoms with Crippen molar-refractivity contribution in [2.24, 2.45) is 5.73 Å². The molecule has 1 aliphatic rings. The first kappa shape index (κ1) is 16.4. The number of benzene rings is 1. The van der Waals surface area contributed by atoms with Gasteiger partial charge in [0, 0.05) is 5.56 Å². The number of hydrogen-bond acceptors (Lipinski definition) is 7. The zero-order valence-corrected chi connectivity index (χ0v) is 13.9. The number of hydrogen-bond donors (Lipinski definition) is 2. The number of allylic oxidation sites excluding steroid dienone is 1. The molecule has 0 fully saturated rings. The lowest BCUT2D eigenvalue weighted by Crippen LogP contribution is -2.29. The molecule has 0 amide bonds. The standard InChI is InChI=1S/C17H16N4O4/c1-8-20-16(22)13-12(10(7-18)15(19)25-17(13)21-8)9-5-4-6-11(23-2)14(9)24-3/h4-6,12H,19H2,1-3H3,(H,20,21,22)/t12-/m1/s1. The third-order valence-corrected chi connectivity index (χ3v) is 3.95. The van der Waals surface area contributed by atoms with Crippen LogP contribution in [0.4, 0.5) is 0 Å². The Hall–Kier alpha value is -3.47. The van der Waals surface area contributed by atoms with Gasteiger partial charge in [-0.15, -0.1) is 0 Å². The molecule has 3 rings (SSSR count). The number of H-pyrrole nitrogens is 1. The number of aryl methyl sites for hydroxylation is 1. The van der Waals surface area contributed by atoms with E-state index in [0.29, 0.717) is 22.9 Å². The fourth-order valence-electron chi connectivity index (χ4n) is 2.92. The first-order valence-electron chi connectivity index (χ1n) is 7.41. The zero-order chi connectivity index (χ0) is 18.1. The van der Waals surface area contributed by atoms with E-state index in [2.05, 4.69) is 9.97 Å². The second-order valence-corrected chi connectivity index (χ2v) is 5.38. The minimum atomic E-state index is -0.782. The number of nitriles is 1. The molecule has 0 unspecified atom stereocenters. The number of ether oxygens (including phenoxy) is 3. The smallest absolute Gasteiger partial charge is 0.258 e. The summed E-state index contributed by atoms with van der Waals surface area (Å²) in [6, 6.07) is 7.23. The Labute approximate surface area is 143 Å². The SMILES string of the molecule is COc1cccc([C@@H]2C(C#N)=C(N)Oc3nc(C)[nH]c(=O)c32)c1OC. The lowest BCUT2D eigenvalue weighted by Gasteiger charge is -2.26. The Bertz CT molecular complexity index is 972. The van der Waals surface area contributed by atoms with Crippen molar-refractivity contribution in [1.29, 1.82) is 5.26 Å². The fourth-order valence-corrected chi connectivity index (χ4v) is 2.92. The van der Waals surface area contributed by atoms with Crippen molar-refractivity contribution in [2.45, 2.75) is 12.8 Å². The molecular formula is C17H16N4O4. The molecule has 0 saturated carbocycles. The normalized spacial score (nSPS) is 15.8. The Morgan fingerprint density at radius 1 is 1.36 bits per heavy atom. The van der Waals surface area contributed by atoms with Crippen LogP contribution in [0.2, 0.25) is 0 Å². The summed E-state index contributed by atoms with van der Waals surface area (Å²) in [4.78, 5) is 19.4. The van der Waals surface area contributed by atoms with Gasteiger partial charge < -0.3 is 24.9 Å². The number of para-hydroxylation sites is 1. The van der Waals surface area contributed by atoms with E-state index < -0.39 is 11.5 Å². The van der Waals surface area contributed by atoms with Crippen LogP contribution in [0, 0.1) is 18.3 Å². The molecule has 2 aromatic rings. The highest BCUT2D eigenvalue weighted by Crippen LogP contribution is 2.45. The molecule has 1 atom stereocenters. The van der Waals surface area contributed by atoms with Gasteiger partial charge in [-0.05, 0) is 13.0 Å². The molecule has 0 spiro atoms. The van der Waals surface area contributed by atoms with Gasteiger partial charge in [-0.2, -0.15) is 10.2 Å². The number of methoxy groups -OCH3 is 2. The average molecular weight is 340 g/mol. The summed E-state index contributed by atoms with van der Waals surface area (Å²) in [5.41, 5.74) is 6.36. The van der Waals surface area contributed by atoms with E-state index in [1.807, 2.05) is 6.07 Å². The molecule has 0 aliphatic carbocycles. The predicted octanol–water partition coefficient (Wildman–Crippen LogP) is 1.31. The molecule has 2 heterocycles. The van der Waals surface area contributed by atoms with Gasteiger partial charge >= 0.3 is 0 Å². The van der Waals surface area contributed by atoms with Crippen LogP contribution >= 0.6 is 0 Å². The summed E-state index contributed by atoms with van der Waals surface area (Å²) in [5.74, 6) is 0.461. The van der Waals surface area contributed by atoms with E-state index in [4.69, 9.17) is 19.9 Å². The number of nitrogens with two attached hydrogens (primary N) is 1. The van der Waals surface area contributed by atoms with E-state index >= 15 is 0 Å². The van der Waals surface area contributed by atoms with E-state index in [-0.39, 0.29) is 22.9 Å². The third-order valence-electron chi connectivity index (χ3n) is 3.95. The van der Waals surface area contributed by atoms with Gasteiger partial charge in [0.15, 0.2) is 11.5 Å². The van der Waals surface area contributed by atoms with Crippen molar-refractivity contribution in [3.8, 4) is 23.4 Å². The molecule has 0 radical (unpaired) electrons. The summed E-state index contributed by atoms with van der Waals surface area (Å²) in [6.07, 6.45) is 0. The number of fused-ring (bicyclic) bond motifs is 1. The maximum atomic E-state index is 12.6. The average Bonchev–Trinajstić information content (AvgIpc) is 2.59. The second-order valence-electron chi connectivity index (χ2n) is 5.38.